The quantitative estimate of drug-likeness (QED) is 0.612. The average molecular weight is 225 g/mol. The van der Waals surface area contributed by atoms with Crippen molar-refractivity contribution in [3.63, 3.8) is 0 Å². The summed E-state index contributed by atoms with van der Waals surface area (Å²) in [7, 11) is 0. The highest BCUT2D eigenvalue weighted by Crippen LogP contribution is 2.50. The molecule has 0 amide bonds. The lowest BCUT2D eigenvalue weighted by Crippen LogP contribution is -2.49. The molecule has 0 aromatic carbocycles. The molecule has 0 aliphatic heterocycles. The van der Waals surface area contributed by atoms with Gasteiger partial charge in [0, 0.05) is 12.1 Å². The second-order valence-electron chi connectivity index (χ2n) is 5.77. The van der Waals surface area contributed by atoms with Gasteiger partial charge >= 0.3 is 0 Å². The molecule has 0 bridgehead atoms. The molecule has 0 spiro atoms. The normalized spacial score (nSPS) is 21.4. The summed E-state index contributed by atoms with van der Waals surface area (Å²) in [6.45, 7) is 3.97. The monoisotopic (exact) mass is 225 g/mol. The highest BCUT2D eigenvalue weighted by Gasteiger charge is 2.51. The van der Waals surface area contributed by atoms with Crippen LogP contribution in [0.2, 0.25) is 0 Å². The Labute approximate surface area is 99.9 Å². The van der Waals surface area contributed by atoms with E-state index < -0.39 is 0 Å². The van der Waals surface area contributed by atoms with Crippen LogP contribution in [0.25, 0.3) is 0 Å². The minimum atomic E-state index is 0.0464. The fraction of sp³-hybridized carbons (Fsp3) is 1.00. The van der Waals surface area contributed by atoms with Gasteiger partial charge in [0.2, 0.25) is 0 Å². The lowest BCUT2D eigenvalue weighted by atomic mass is 9.90. The van der Waals surface area contributed by atoms with Crippen molar-refractivity contribution in [1.82, 2.24) is 0 Å². The molecular weight excluding hydrogens is 198 g/mol. The van der Waals surface area contributed by atoms with E-state index in [0.717, 1.165) is 25.0 Å². The van der Waals surface area contributed by atoms with Crippen LogP contribution in [-0.2, 0) is 4.74 Å². The highest BCUT2D eigenvalue weighted by atomic mass is 16.5. The number of nitrogens with two attached hydrogens (primary N) is 1. The van der Waals surface area contributed by atoms with Gasteiger partial charge in [0.05, 0.1) is 6.61 Å². The molecule has 2 N–H and O–H groups in total. The van der Waals surface area contributed by atoms with Gasteiger partial charge in [-0.2, -0.15) is 0 Å². The molecule has 2 heteroatoms. The zero-order valence-electron chi connectivity index (χ0n) is 10.7. The van der Waals surface area contributed by atoms with Crippen LogP contribution in [0.15, 0.2) is 0 Å². The first-order chi connectivity index (χ1) is 7.77. The van der Waals surface area contributed by atoms with Crippen LogP contribution in [0.1, 0.15) is 58.3 Å². The molecule has 2 aliphatic carbocycles. The molecule has 2 fully saturated rings. The van der Waals surface area contributed by atoms with Crippen LogP contribution in [-0.4, -0.2) is 18.8 Å². The topological polar surface area (TPSA) is 35.2 Å². The van der Waals surface area contributed by atoms with Gasteiger partial charge in [0.1, 0.15) is 0 Å². The first-order valence-electron chi connectivity index (χ1n) is 7.14. The van der Waals surface area contributed by atoms with Gasteiger partial charge in [-0.1, -0.05) is 26.2 Å². The van der Waals surface area contributed by atoms with Gasteiger partial charge < -0.3 is 10.5 Å². The van der Waals surface area contributed by atoms with Crippen molar-refractivity contribution in [2.45, 2.75) is 63.8 Å². The van der Waals surface area contributed by atoms with Crippen LogP contribution in [0, 0.1) is 11.8 Å². The Kier molecular flexibility index (Phi) is 4.26. The van der Waals surface area contributed by atoms with Gasteiger partial charge in [0.25, 0.3) is 0 Å². The van der Waals surface area contributed by atoms with E-state index in [9.17, 15) is 0 Å². The molecule has 0 aromatic heterocycles. The molecule has 2 nitrogen and oxygen atoms in total. The third-order valence-corrected chi connectivity index (χ3v) is 4.17. The van der Waals surface area contributed by atoms with Crippen molar-refractivity contribution < 1.29 is 4.74 Å². The second-order valence-corrected chi connectivity index (χ2v) is 5.77. The third-order valence-electron chi connectivity index (χ3n) is 4.17. The minimum Gasteiger partial charge on any atom is -0.380 e. The average Bonchev–Trinajstić information content (AvgIpc) is 3.15. The van der Waals surface area contributed by atoms with E-state index in [1.54, 1.807) is 0 Å². The van der Waals surface area contributed by atoms with E-state index in [2.05, 4.69) is 6.92 Å². The third kappa shape index (κ3) is 3.21. The molecule has 16 heavy (non-hydrogen) atoms. The van der Waals surface area contributed by atoms with Gasteiger partial charge in [-0.3, -0.25) is 0 Å². The zero-order chi connectivity index (χ0) is 11.4. The van der Waals surface area contributed by atoms with E-state index in [4.69, 9.17) is 10.5 Å². The number of hydrogen-bond donors (Lipinski definition) is 1. The molecule has 0 unspecified atom stereocenters. The molecule has 2 aliphatic rings. The number of rotatable bonds is 9. The fourth-order valence-corrected chi connectivity index (χ4v) is 2.69. The Bertz CT molecular complexity index is 197. The lowest BCUT2D eigenvalue weighted by Gasteiger charge is -2.29. The Morgan fingerprint density at radius 3 is 2.19 bits per heavy atom. The summed E-state index contributed by atoms with van der Waals surface area (Å²) in [5.74, 6) is 1.55. The van der Waals surface area contributed by atoms with Gasteiger partial charge in [-0.15, -0.1) is 0 Å². The van der Waals surface area contributed by atoms with Crippen LogP contribution < -0.4 is 5.73 Å². The lowest BCUT2D eigenvalue weighted by molar-refractivity contribution is 0.0630. The molecule has 0 atom stereocenters. The zero-order valence-corrected chi connectivity index (χ0v) is 10.7. The van der Waals surface area contributed by atoms with E-state index in [0.29, 0.717) is 0 Å². The van der Waals surface area contributed by atoms with E-state index >= 15 is 0 Å². The van der Waals surface area contributed by atoms with Gasteiger partial charge in [-0.25, -0.2) is 0 Å². The molecule has 2 saturated carbocycles. The molecule has 2 rings (SSSR count). The maximum Gasteiger partial charge on any atom is 0.0651 e. The Morgan fingerprint density at radius 2 is 1.69 bits per heavy atom. The summed E-state index contributed by atoms with van der Waals surface area (Å²) in [6.07, 6.45) is 10.5. The van der Waals surface area contributed by atoms with Crippen molar-refractivity contribution in [3.05, 3.63) is 0 Å². The van der Waals surface area contributed by atoms with Crippen molar-refractivity contribution in [1.29, 1.82) is 0 Å². The van der Waals surface area contributed by atoms with Crippen molar-refractivity contribution in [2.24, 2.45) is 17.6 Å². The molecule has 0 radical (unpaired) electrons. The van der Waals surface area contributed by atoms with Crippen LogP contribution in [0.3, 0.4) is 0 Å². The number of unbranched alkanes of at least 4 members (excludes halogenated alkanes) is 3. The Hall–Kier alpha value is -0.0800. The van der Waals surface area contributed by atoms with Crippen molar-refractivity contribution in [2.75, 3.05) is 13.2 Å². The summed E-state index contributed by atoms with van der Waals surface area (Å²) in [5, 5.41) is 0. The second kappa shape index (κ2) is 5.50. The van der Waals surface area contributed by atoms with Crippen molar-refractivity contribution >= 4 is 0 Å². The van der Waals surface area contributed by atoms with Crippen LogP contribution >= 0.6 is 0 Å². The Morgan fingerprint density at radius 1 is 1.06 bits per heavy atom. The maximum atomic E-state index is 6.52. The number of ether oxygens (including phenoxy) is 1. The summed E-state index contributed by atoms with van der Waals surface area (Å²) in [6, 6.07) is 0. The Balaban J connectivity index is 1.59. The fourth-order valence-electron chi connectivity index (χ4n) is 2.69. The van der Waals surface area contributed by atoms with Gasteiger partial charge in [-0.05, 0) is 43.9 Å². The highest BCUT2D eigenvalue weighted by molar-refractivity contribution is 5.07. The molecule has 94 valence electrons. The summed E-state index contributed by atoms with van der Waals surface area (Å²) >= 11 is 0. The van der Waals surface area contributed by atoms with E-state index in [-0.39, 0.29) is 5.54 Å². The smallest absolute Gasteiger partial charge is 0.0651 e. The molecule has 0 saturated heterocycles. The van der Waals surface area contributed by atoms with Crippen molar-refractivity contribution in [3.8, 4) is 0 Å². The largest absolute Gasteiger partial charge is 0.380 e. The predicted octanol–water partition coefficient (Wildman–Crippen LogP) is 3.10. The first-order valence-corrected chi connectivity index (χ1v) is 7.14. The first kappa shape index (κ1) is 12.4. The van der Waals surface area contributed by atoms with Gasteiger partial charge in [0.15, 0.2) is 0 Å². The SMILES string of the molecule is CCCCCCOCC(N)(C1CC1)C1CC1. The molecule has 0 heterocycles. The predicted molar refractivity (Wildman–Crippen MR) is 67.3 cm³/mol. The van der Waals surface area contributed by atoms with E-state index in [1.165, 1.54) is 51.4 Å². The maximum absolute atomic E-state index is 6.52. The number of hydrogen-bond acceptors (Lipinski definition) is 2. The van der Waals surface area contributed by atoms with Crippen LogP contribution in [0.4, 0.5) is 0 Å². The standard InChI is InChI=1S/C14H27NO/c1-2-3-4-5-10-16-11-14(15,12-6-7-12)13-8-9-13/h12-13H,2-11,15H2,1H3. The summed E-state index contributed by atoms with van der Waals surface area (Å²) < 4.78 is 5.82. The summed E-state index contributed by atoms with van der Waals surface area (Å²) in [4.78, 5) is 0. The van der Waals surface area contributed by atoms with Crippen LogP contribution in [0.5, 0.6) is 0 Å². The molecular formula is C14H27NO. The summed E-state index contributed by atoms with van der Waals surface area (Å²) in [5.41, 5.74) is 6.57. The minimum absolute atomic E-state index is 0.0464. The molecule has 0 aromatic rings. The van der Waals surface area contributed by atoms with E-state index in [1.807, 2.05) is 0 Å².